The largest absolute Gasteiger partial charge is 0.370 e. The fourth-order valence-electron chi connectivity index (χ4n) is 3.30. The quantitative estimate of drug-likeness (QED) is 0.605. The van der Waals surface area contributed by atoms with Crippen LogP contribution >= 0.6 is 0 Å². The molecule has 150 valence electrons. The fraction of sp³-hybridized carbons (Fsp3) is 0.250. The van der Waals surface area contributed by atoms with E-state index in [1.807, 2.05) is 48.5 Å². The summed E-state index contributed by atoms with van der Waals surface area (Å²) in [6.45, 7) is 6.39. The number of pyridine rings is 1. The Balaban J connectivity index is 1.60. The van der Waals surface area contributed by atoms with Gasteiger partial charge in [-0.2, -0.15) is 0 Å². The number of aromatic nitrogens is 1. The number of benzene rings is 2. The van der Waals surface area contributed by atoms with Crippen LogP contribution in [0.25, 0.3) is 0 Å². The van der Waals surface area contributed by atoms with Crippen molar-refractivity contribution in [3.8, 4) is 0 Å². The molecule has 0 saturated carbocycles. The van der Waals surface area contributed by atoms with Gasteiger partial charge < -0.3 is 15.5 Å². The Morgan fingerprint density at radius 2 is 1.83 bits per heavy atom. The first-order valence-corrected chi connectivity index (χ1v) is 9.99. The van der Waals surface area contributed by atoms with Gasteiger partial charge in [0.25, 0.3) is 0 Å². The van der Waals surface area contributed by atoms with Gasteiger partial charge in [-0.15, -0.1) is 0 Å². The van der Waals surface area contributed by atoms with Gasteiger partial charge in [0.1, 0.15) is 0 Å². The number of amides is 2. The summed E-state index contributed by atoms with van der Waals surface area (Å²) in [6.07, 6.45) is 1.74. The molecular weight excluding hydrogens is 360 g/mol. The first-order valence-electron chi connectivity index (χ1n) is 9.99. The highest BCUT2D eigenvalue weighted by Crippen LogP contribution is 2.19. The summed E-state index contributed by atoms with van der Waals surface area (Å²) in [5, 5.41) is 6.04. The molecule has 5 nitrogen and oxygen atoms in total. The Morgan fingerprint density at radius 3 is 2.52 bits per heavy atom. The second-order valence-electron chi connectivity index (χ2n) is 6.92. The molecule has 1 atom stereocenters. The molecule has 1 unspecified atom stereocenters. The van der Waals surface area contributed by atoms with Crippen LogP contribution in [0.5, 0.6) is 0 Å². The summed E-state index contributed by atoms with van der Waals surface area (Å²) in [5.41, 5.74) is 4.21. The summed E-state index contributed by atoms with van der Waals surface area (Å²) < 4.78 is 0. The monoisotopic (exact) mass is 388 g/mol. The third-order valence-electron chi connectivity index (χ3n) is 4.81. The van der Waals surface area contributed by atoms with Crippen molar-refractivity contribution in [2.45, 2.75) is 19.9 Å². The molecule has 3 rings (SSSR count). The lowest BCUT2D eigenvalue weighted by Crippen LogP contribution is -2.42. The topological polar surface area (TPSA) is 57.3 Å². The Labute approximate surface area is 172 Å². The smallest absolute Gasteiger partial charge is 0.315 e. The number of rotatable bonds is 8. The number of carbonyl (C=O) groups is 1. The van der Waals surface area contributed by atoms with Crippen molar-refractivity contribution in [1.82, 2.24) is 15.6 Å². The van der Waals surface area contributed by atoms with Crippen molar-refractivity contribution in [3.63, 3.8) is 0 Å². The number of hydrogen-bond donors (Lipinski definition) is 2. The van der Waals surface area contributed by atoms with E-state index in [1.54, 1.807) is 6.20 Å². The molecule has 1 aromatic heterocycles. The van der Waals surface area contributed by atoms with Crippen LogP contribution in [0.3, 0.4) is 0 Å². The molecule has 29 heavy (non-hydrogen) atoms. The maximum absolute atomic E-state index is 12.6. The zero-order valence-electron chi connectivity index (χ0n) is 17.0. The Bertz CT molecular complexity index is 860. The second-order valence-corrected chi connectivity index (χ2v) is 6.92. The molecule has 3 aromatic rings. The highest BCUT2D eigenvalue weighted by molar-refractivity contribution is 5.75. The minimum absolute atomic E-state index is 0.204. The van der Waals surface area contributed by atoms with Gasteiger partial charge in [0, 0.05) is 31.5 Å². The number of nitrogens with one attached hydrogen (secondary N) is 2. The molecule has 0 spiro atoms. The van der Waals surface area contributed by atoms with Gasteiger partial charge in [0.2, 0.25) is 0 Å². The minimum atomic E-state index is -0.295. The summed E-state index contributed by atoms with van der Waals surface area (Å²) in [4.78, 5) is 19.3. The number of carbonyl (C=O) groups excluding carboxylic acids is 1. The van der Waals surface area contributed by atoms with E-state index in [-0.39, 0.29) is 12.1 Å². The van der Waals surface area contributed by atoms with E-state index in [2.05, 4.69) is 58.6 Å². The highest BCUT2D eigenvalue weighted by atomic mass is 16.2. The van der Waals surface area contributed by atoms with Gasteiger partial charge >= 0.3 is 6.03 Å². The fourth-order valence-corrected chi connectivity index (χ4v) is 3.30. The minimum Gasteiger partial charge on any atom is -0.370 e. The average molecular weight is 389 g/mol. The van der Waals surface area contributed by atoms with Gasteiger partial charge in [-0.05, 0) is 49.2 Å². The van der Waals surface area contributed by atoms with E-state index in [0.29, 0.717) is 6.54 Å². The number of likely N-dealkylation sites (N-methyl/N-ethyl adjacent to an activating group) is 1. The van der Waals surface area contributed by atoms with Crippen LogP contribution in [0.2, 0.25) is 0 Å². The molecule has 0 aliphatic rings. The molecule has 0 bridgehead atoms. The maximum Gasteiger partial charge on any atom is 0.315 e. The summed E-state index contributed by atoms with van der Waals surface area (Å²) >= 11 is 0. The molecule has 0 fully saturated rings. The lowest BCUT2D eigenvalue weighted by molar-refractivity contribution is 0.238. The molecule has 5 heteroatoms. The van der Waals surface area contributed by atoms with Crippen LogP contribution in [0.15, 0.2) is 79.0 Å². The van der Waals surface area contributed by atoms with E-state index >= 15 is 0 Å². The summed E-state index contributed by atoms with van der Waals surface area (Å²) in [6, 6.07) is 23.5. The van der Waals surface area contributed by atoms with Crippen molar-refractivity contribution in [2.75, 3.05) is 24.5 Å². The van der Waals surface area contributed by atoms with Crippen LogP contribution in [-0.2, 0) is 0 Å². The van der Waals surface area contributed by atoms with Crippen LogP contribution in [-0.4, -0.2) is 30.6 Å². The molecular formula is C24H28N4O. The summed E-state index contributed by atoms with van der Waals surface area (Å²) in [5.74, 6) is 0. The molecule has 0 aliphatic heterocycles. The number of aryl methyl sites for hydroxylation is 1. The summed E-state index contributed by atoms with van der Waals surface area (Å²) in [7, 11) is 0. The molecule has 2 N–H and O–H groups in total. The van der Waals surface area contributed by atoms with Gasteiger partial charge in [-0.3, -0.25) is 4.98 Å². The van der Waals surface area contributed by atoms with Crippen molar-refractivity contribution in [2.24, 2.45) is 0 Å². The Hall–Kier alpha value is -3.34. The molecule has 1 heterocycles. The normalized spacial score (nSPS) is 11.5. The van der Waals surface area contributed by atoms with Crippen molar-refractivity contribution in [1.29, 1.82) is 0 Å². The van der Waals surface area contributed by atoms with Gasteiger partial charge in [-0.25, -0.2) is 4.79 Å². The van der Waals surface area contributed by atoms with E-state index in [1.165, 1.54) is 11.3 Å². The molecule has 0 aliphatic carbocycles. The van der Waals surface area contributed by atoms with E-state index < -0.39 is 0 Å². The predicted octanol–water partition coefficient (Wildman–Crippen LogP) is 4.31. The highest BCUT2D eigenvalue weighted by Gasteiger charge is 2.17. The molecule has 0 radical (unpaired) electrons. The van der Waals surface area contributed by atoms with Crippen LogP contribution in [0, 0.1) is 6.92 Å². The van der Waals surface area contributed by atoms with Crippen molar-refractivity contribution < 1.29 is 4.79 Å². The molecule has 0 saturated heterocycles. The van der Waals surface area contributed by atoms with Crippen LogP contribution in [0.4, 0.5) is 10.5 Å². The van der Waals surface area contributed by atoms with Gasteiger partial charge in [-0.1, -0.05) is 48.5 Å². The van der Waals surface area contributed by atoms with Crippen molar-refractivity contribution in [3.05, 3.63) is 95.8 Å². The lowest BCUT2D eigenvalue weighted by Gasteiger charge is -2.24. The third-order valence-corrected chi connectivity index (χ3v) is 4.81. The standard InChI is InChI=1S/C24H28N4O/c1-3-28(21-13-9-10-19(2)18-21)17-16-26-24(29)27-23(20-11-5-4-6-12-20)22-14-7-8-15-25-22/h4-15,18,23H,3,16-17H2,1-2H3,(H2,26,27,29). The second kappa shape index (κ2) is 10.3. The van der Waals surface area contributed by atoms with E-state index in [4.69, 9.17) is 0 Å². The first-order chi connectivity index (χ1) is 14.2. The van der Waals surface area contributed by atoms with Crippen molar-refractivity contribution >= 4 is 11.7 Å². The number of urea groups is 1. The SMILES string of the molecule is CCN(CCNC(=O)NC(c1ccccc1)c1ccccn1)c1cccc(C)c1. The van der Waals surface area contributed by atoms with Crippen LogP contribution in [0.1, 0.15) is 29.8 Å². The van der Waals surface area contributed by atoms with Gasteiger partial charge in [0.15, 0.2) is 0 Å². The van der Waals surface area contributed by atoms with E-state index in [9.17, 15) is 4.79 Å². The first kappa shape index (κ1) is 20.4. The third kappa shape index (κ3) is 5.82. The number of nitrogens with zero attached hydrogens (tertiary/aromatic N) is 2. The molecule has 2 amide bonds. The maximum atomic E-state index is 12.6. The van der Waals surface area contributed by atoms with E-state index in [0.717, 1.165) is 24.3 Å². The zero-order chi connectivity index (χ0) is 20.5. The Morgan fingerprint density at radius 1 is 1.03 bits per heavy atom. The predicted molar refractivity (Wildman–Crippen MR) is 118 cm³/mol. The van der Waals surface area contributed by atoms with Crippen LogP contribution < -0.4 is 15.5 Å². The van der Waals surface area contributed by atoms with Gasteiger partial charge in [0.05, 0.1) is 11.7 Å². The lowest BCUT2D eigenvalue weighted by atomic mass is 10.0. The molecule has 2 aromatic carbocycles. The Kier molecular flexibility index (Phi) is 7.22. The zero-order valence-corrected chi connectivity index (χ0v) is 17.0. The number of anilines is 1. The average Bonchev–Trinajstić information content (AvgIpc) is 2.76. The number of hydrogen-bond acceptors (Lipinski definition) is 3.